The highest BCUT2D eigenvalue weighted by Gasteiger charge is 2.23. The summed E-state index contributed by atoms with van der Waals surface area (Å²) in [6.07, 6.45) is 4.97. The van der Waals surface area contributed by atoms with Gasteiger partial charge < -0.3 is 14.4 Å². The van der Waals surface area contributed by atoms with Crippen molar-refractivity contribution in [3.63, 3.8) is 0 Å². The molecule has 6 heteroatoms. The Hall–Kier alpha value is -3.51. The van der Waals surface area contributed by atoms with Crippen molar-refractivity contribution in [2.24, 2.45) is 9.98 Å². The molecule has 1 unspecified atom stereocenters. The Labute approximate surface area is 213 Å². The largest absolute Gasteiger partial charge is 0.369 e. The van der Waals surface area contributed by atoms with Crippen molar-refractivity contribution in [3.05, 3.63) is 93.4 Å². The molecule has 1 aliphatic heterocycles. The number of fused-ring (bicyclic) bond motifs is 1. The fraction of sp³-hybridized carbons (Fsp3) is 0.367. The lowest BCUT2D eigenvalue weighted by molar-refractivity contribution is 0.313. The smallest absolute Gasteiger partial charge is 0.251 e. The molecule has 0 bridgehead atoms. The highest BCUT2D eigenvalue weighted by atomic mass is 16.1. The van der Waals surface area contributed by atoms with Crippen molar-refractivity contribution in [1.29, 1.82) is 0 Å². The van der Waals surface area contributed by atoms with Crippen LogP contribution in [0.15, 0.2) is 75.4 Å². The number of aromatic nitrogens is 1. The monoisotopic (exact) mass is 481 g/mol. The highest BCUT2D eigenvalue weighted by molar-refractivity contribution is 5.95. The molecule has 0 spiro atoms. The number of likely N-dealkylation sites (N-methyl/N-ethyl adjacent to an activating group) is 1. The van der Waals surface area contributed by atoms with Crippen LogP contribution < -0.4 is 10.5 Å². The molecule has 36 heavy (non-hydrogen) atoms. The van der Waals surface area contributed by atoms with Crippen molar-refractivity contribution in [3.8, 4) is 0 Å². The molecule has 1 saturated heterocycles. The average molecular weight is 482 g/mol. The normalized spacial score (nSPS) is 19.0. The lowest BCUT2D eigenvalue weighted by atomic mass is 9.87. The van der Waals surface area contributed by atoms with Gasteiger partial charge in [-0.15, -0.1) is 0 Å². The fourth-order valence-electron chi connectivity index (χ4n) is 5.37. The number of hydrogen-bond donors (Lipinski definition) is 0. The highest BCUT2D eigenvalue weighted by Crippen LogP contribution is 2.32. The first-order valence-electron chi connectivity index (χ1n) is 12.9. The van der Waals surface area contributed by atoms with Gasteiger partial charge in [-0.1, -0.05) is 24.3 Å². The van der Waals surface area contributed by atoms with Gasteiger partial charge in [0, 0.05) is 55.4 Å². The van der Waals surface area contributed by atoms with Crippen LogP contribution in [-0.4, -0.2) is 54.7 Å². The molecule has 6 nitrogen and oxygen atoms in total. The molecule has 2 heterocycles. The van der Waals surface area contributed by atoms with Crippen LogP contribution in [0.3, 0.4) is 0 Å². The summed E-state index contributed by atoms with van der Waals surface area (Å²) in [6.45, 7) is 8.21. The van der Waals surface area contributed by atoms with Gasteiger partial charge in [0.05, 0.1) is 11.7 Å². The molecular weight excluding hydrogens is 446 g/mol. The zero-order valence-corrected chi connectivity index (χ0v) is 21.5. The van der Waals surface area contributed by atoms with Crippen molar-refractivity contribution >= 4 is 23.4 Å². The van der Waals surface area contributed by atoms with Gasteiger partial charge in [-0.2, -0.15) is 0 Å². The number of piperazine rings is 1. The summed E-state index contributed by atoms with van der Waals surface area (Å²) in [5.41, 5.74) is 6.67. The van der Waals surface area contributed by atoms with Crippen LogP contribution in [0.5, 0.6) is 0 Å². The lowest BCUT2D eigenvalue weighted by Gasteiger charge is -2.34. The first-order valence-corrected chi connectivity index (χ1v) is 12.9. The predicted octanol–water partition coefficient (Wildman–Crippen LogP) is 5.00. The number of benzene rings is 2. The van der Waals surface area contributed by atoms with E-state index in [2.05, 4.69) is 75.4 Å². The van der Waals surface area contributed by atoms with E-state index in [4.69, 9.17) is 0 Å². The number of nitrogens with zero attached hydrogens (tertiary/aromatic N) is 5. The van der Waals surface area contributed by atoms with Gasteiger partial charge in [-0.05, 0) is 81.6 Å². The molecule has 1 atom stereocenters. The Kier molecular flexibility index (Phi) is 7.14. The molecule has 186 valence electrons. The summed E-state index contributed by atoms with van der Waals surface area (Å²) >= 11 is 0. The van der Waals surface area contributed by atoms with E-state index in [1.807, 2.05) is 30.7 Å². The van der Waals surface area contributed by atoms with E-state index in [0.29, 0.717) is 5.84 Å². The quantitative estimate of drug-likeness (QED) is 0.389. The summed E-state index contributed by atoms with van der Waals surface area (Å²) in [6, 6.07) is 20.5. The van der Waals surface area contributed by atoms with Crippen LogP contribution in [0.2, 0.25) is 0 Å². The Morgan fingerprint density at radius 3 is 2.50 bits per heavy atom. The second kappa shape index (κ2) is 10.6. The maximum Gasteiger partial charge on any atom is 0.251 e. The molecule has 0 saturated carbocycles. The van der Waals surface area contributed by atoms with Crippen molar-refractivity contribution in [2.45, 2.75) is 39.2 Å². The van der Waals surface area contributed by atoms with E-state index in [0.717, 1.165) is 62.4 Å². The molecule has 1 aromatic heterocycles. The molecule has 1 aliphatic carbocycles. The molecular formula is C30H35N5O. The molecule has 0 amide bonds. The van der Waals surface area contributed by atoms with E-state index in [-0.39, 0.29) is 11.6 Å². The third-order valence-electron chi connectivity index (χ3n) is 7.47. The molecule has 2 aliphatic rings. The van der Waals surface area contributed by atoms with E-state index < -0.39 is 0 Å². The number of amidine groups is 1. The van der Waals surface area contributed by atoms with Crippen LogP contribution in [0.25, 0.3) is 0 Å². The van der Waals surface area contributed by atoms with Gasteiger partial charge in [0.15, 0.2) is 0 Å². The fourth-order valence-corrected chi connectivity index (χ4v) is 5.37. The van der Waals surface area contributed by atoms with Crippen LogP contribution in [0.1, 0.15) is 48.2 Å². The Bertz CT molecular complexity index is 1330. The zero-order valence-electron chi connectivity index (χ0n) is 21.5. The zero-order chi connectivity index (χ0) is 25.1. The number of anilines is 1. The minimum Gasteiger partial charge on any atom is -0.369 e. The van der Waals surface area contributed by atoms with E-state index in [1.165, 1.54) is 16.8 Å². The van der Waals surface area contributed by atoms with Gasteiger partial charge in [-0.3, -0.25) is 4.79 Å². The van der Waals surface area contributed by atoms with Gasteiger partial charge in [-0.25, -0.2) is 9.98 Å². The standard InChI is InChI=1S/C30H35N5O/c1-22-25(11-16-30(36)35(22)29-10-6-8-24-7-4-5-9-28(24)29)21-31-23(2)32-26-12-14-27(15-13-26)34-19-17-33(3)18-20-34/h4-5,7,9,11-16,21,29H,6,8,10,17-20H2,1-3H3. The second-order valence-electron chi connectivity index (χ2n) is 9.91. The topological polar surface area (TPSA) is 53.2 Å². The van der Waals surface area contributed by atoms with Crippen molar-refractivity contribution in [1.82, 2.24) is 9.47 Å². The van der Waals surface area contributed by atoms with Crippen molar-refractivity contribution < 1.29 is 0 Å². The van der Waals surface area contributed by atoms with Crippen LogP contribution in [0, 0.1) is 6.92 Å². The second-order valence-corrected chi connectivity index (χ2v) is 9.91. The minimum absolute atomic E-state index is 0.0391. The molecule has 5 rings (SSSR count). The first kappa shape index (κ1) is 24.2. The predicted molar refractivity (Wildman–Crippen MR) is 149 cm³/mol. The molecule has 1 fully saturated rings. The van der Waals surface area contributed by atoms with Crippen LogP contribution >= 0.6 is 0 Å². The molecule has 2 aromatic carbocycles. The SMILES string of the molecule is CC(N=Cc1ccc(=O)n(C2CCCc3ccccc32)c1C)=Nc1ccc(N2CCN(C)CC2)cc1. The summed E-state index contributed by atoms with van der Waals surface area (Å²) < 4.78 is 1.95. The number of pyridine rings is 1. The summed E-state index contributed by atoms with van der Waals surface area (Å²) in [5.74, 6) is 0.683. The summed E-state index contributed by atoms with van der Waals surface area (Å²) in [4.78, 5) is 27.0. The molecule has 3 aromatic rings. The Morgan fingerprint density at radius 2 is 1.72 bits per heavy atom. The third-order valence-corrected chi connectivity index (χ3v) is 7.47. The van der Waals surface area contributed by atoms with Crippen LogP contribution in [0.4, 0.5) is 11.4 Å². The van der Waals surface area contributed by atoms with Crippen LogP contribution in [-0.2, 0) is 6.42 Å². The first-order chi connectivity index (χ1) is 17.5. The van der Waals surface area contributed by atoms with Gasteiger partial charge >= 0.3 is 0 Å². The maximum absolute atomic E-state index is 12.9. The molecule has 0 radical (unpaired) electrons. The van der Waals surface area contributed by atoms with Gasteiger partial charge in [0.25, 0.3) is 5.56 Å². The Morgan fingerprint density at radius 1 is 0.972 bits per heavy atom. The van der Waals surface area contributed by atoms with E-state index in [1.54, 1.807) is 6.07 Å². The number of hydrogen-bond acceptors (Lipinski definition) is 4. The number of rotatable bonds is 4. The number of aliphatic imine (C=N–C) groups is 2. The third kappa shape index (κ3) is 5.19. The van der Waals surface area contributed by atoms with Gasteiger partial charge in [0.2, 0.25) is 0 Å². The van der Waals surface area contributed by atoms with E-state index >= 15 is 0 Å². The average Bonchev–Trinajstić information content (AvgIpc) is 2.89. The number of aryl methyl sites for hydroxylation is 1. The Balaban J connectivity index is 1.34. The summed E-state index contributed by atoms with van der Waals surface area (Å²) in [5, 5.41) is 0. The van der Waals surface area contributed by atoms with Gasteiger partial charge in [0.1, 0.15) is 5.84 Å². The molecule has 0 N–H and O–H groups in total. The van der Waals surface area contributed by atoms with Crippen molar-refractivity contribution in [2.75, 3.05) is 38.1 Å². The minimum atomic E-state index is 0.0391. The lowest BCUT2D eigenvalue weighted by Crippen LogP contribution is -2.44. The van der Waals surface area contributed by atoms with E-state index in [9.17, 15) is 4.79 Å². The maximum atomic E-state index is 12.9. The summed E-state index contributed by atoms with van der Waals surface area (Å²) in [7, 11) is 2.17.